The van der Waals surface area contributed by atoms with E-state index in [1.54, 1.807) is 0 Å². The van der Waals surface area contributed by atoms with E-state index in [0.717, 1.165) is 36.5 Å². The maximum Gasteiger partial charge on any atom is 0.116 e. The molecule has 0 aromatic carbocycles. The van der Waals surface area contributed by atoms with Crippen molar-refractivity contribution < 1.29 is 0 Å². The highest BCUT2D eigenvalue weighted by atomic mass is 15.4. The molecular weight excluding hydrogens is 304 g/mol. The summed E-state index contributed by atoms with van der Waals surface area (Å²) in [4.78, 5) is 0. The van der Waals surface area contributed by atoms with Gasteiger partial charge in [-0.3, -0.25) is 9.78 Å². The highest BCUT2D eigenvalue weighted by Crippen LogP contribution is 2.31. The van der Waals surface area contributed by atoms with Crippen LogP contribution in [0.15, 0.2) is 18.6 Å². The van der Waals surface area contributed by atoms with Crippen molar-refractivity contribution in [3.05, 3.63) is 35.5 Å². The van der Waals surface area contributed by atoms with Crippen molar-refractivity contribution in [2.75, 3.05) is 6.54 Å². The van der Waals surface area contributed by atoms with E-state index in [-0.39, 0.29) is 0 Å². The highest BCUT2D eigenvalue weighted by molar-refractivity contribution is 5.55. The molecule has 1 fully saturated rings. The Labute approximate surface area is 139 Å². The van der Waals surface area contributed by atoms with E-state index in [1.165, 1.54) is 30.5 Å². The summed E-state index contributed by atoms with van der Waals surface area (Å²) in [6.45, 7) is 2.52. The molecule has 0 atom stereocenters. The first kappa shape index (κ1) is 13.9. The van der Waals surface area contributed by atoms with Crippen LogP contribution in [0.4, 0.5) is 0 Å². The van der Waals surface area contributed by atoms with Gasteiger partial charge < -0.3 is 5.32 Å². The first-order valence-corrected chi connectivity index (χ1v) is 8.57. The van der Waals surface area contributed by atoms with Crippen LogP contribution >= 0.6 is 0 Å². The maximum atomic E-state index is 4.47. The van der Waals surface area contributed by atoms with Gasteiger partial charge in [0.05, 0.1) is 30.7 Å². The molecule has 1 saturated carbocycles. The zero-order valence-electron chi connectivity index (χ0n) is 13.4. The summed E-state index contributed by atoms with van der Waals surface area (Å²) in [5.74, 6) is 0. The summed E-state index contributed by atoms with van der Waals surface area (Å²) in [6.07, 6.45) is 10.7. The quantitative estimate of drug-likeness (QED) is 0.755. The second kappa shape index (κ2) is 5.55. The van der Waals surface area contributed by atoms with Gasteiger partial charge in [0.25, 0.3) is 0 Å². The van der Waals surface area contributed by atoms with Crippen LogP contribution < -0.4 is 5.32 Å². The van der Waals surface area contributed by atoms with Gasteiger partial charge in [-0.05, 0) is 19.3 Å². The first-order valence-electron chi connectivity index (χ1n) is 8.57. The van der Waals surface area contributed by atoms with Crippen LogP contribution in [0.3, 0.4) is 0 Å². The molecule has 8 nitrogen and oxygen atoms in total. The SMILES string of the molecule is c1nn(C2CCC2)cc1-c1cn(Cc2n[nH]c3c2CNCC3)nn1. The minimum atomic E-state index is 0.567. The van der Waals surface area contributed by atoms with E-state index in [0.29, 0.717) is 12.6 Å². The molecule has 5 rings (SSSR count). The third kappa shape index (κ3) is 2.34. The molecule has 0 spiro atoms. The van der Waals surface area contributed by atoms with Crippen LogP contribution in [0.2, 0.25) is 0 Å². The van der Waals surface area contributed by atoms with Crippen molar-refractivity contribution in [1.82, 2.24) is 40.3 Å². The Balaban J connectivity index is 1.35. The molecule has 8 heteroatoms. The van der Waals surface area contributed by atoms with Crippen LogP contribution in [0.1, 0.15) is 42.3 Å². The van der Waals surface area contributed by atoms with Gasteiger partial charge in [-0.15, -0.1) is 5.10 Å². The smallest absolute Gasteiger partial charge is 0.116 e. The lowest BCUT2D eigenvalue weighted by atomic mass is 9.93. The van der Waals surface area contributed by atoms with Crippen LogP contribution in [0.5, 0.6) is 0 Å². The number of fused-ring (bicyclic) bond motifs is 1. The lowest BCUT2D eigenvalue weighted by Gasteiger charge is -2.25. The number of rotatable bonds is 4. The van der Waals surface area contributed by atoms with Gasteiger partial charge in [0.2, 0.25) is 0 Å². The van der Waals surface area contributed by atoms with Crippen molar-refractivity contribution in [2.24, 2.45) is 0 Å². The van der Waals surface area contributed by atoms with Gasteiger partial charge in [-0.25, -0.2) is 4.68 Å². The second-order valence-corrected chi connectivity index (χ2v) is 6.65. The molecule has 1 aliphatic heterocycles. The molecule has 2 N–H and O–H groups in total. The first-order chi connectivity index (χ1) is 11.9. The van der Waals surface area contributed by atoms with Gasteiger partial charge in [-0.1, -0.05) is 5.21 Å². The number of nitrogens with zero attached hydrogens (tertiary/aromatic N) is 6. The van der Waals surface area contributed by atoms with Crippen molar-refractivity contribution in [3.63, 3.8) is 0 Å². The van der Waals surface area contributed by atoms with Crippen LogP contribution in [0, 0.1) is 0 Å². The summed E-state index contributed by atoms with van der Waals surface area (Å²) in [7, 11) is 0. The summed E-state index contributed by atoms with van der Waals surface area (Å²) < 4.78 is 3.91. The van der Waals surface area contributed by atoms with Gasteiger partial charge in [-0.2, -0.15) is 10.2 Å². The van der Waals surface area contributed by atoms with Crippen molar-refractivity contribution in [2.45, 2.75) is 44.8 Å². The summed E-state index contributed by atoms with van der Waals surface area (Å²) in [6, 6.07) is 0.567. The minimum Gasteiger partial charge on any atom is -0.312 e. The van der Waals surface area contributed by atoms with Crippen molar-refractivity contribution in [1.29, 1.82) is 0 Å². The molecule has 0 bridgehead atoms. The van der Waals surface area contributed by atoms with Crippen molar-refractivity contribution >= 4 is 0 Å². The van der Waals surface area contributed by atoms with Crippen LogP contribution in [-0.4, -0.2) is 41.5 Å². The number of hydrogen-bond acceptors (Lipinski definition) is 5. The second-order valence-electron chi connectivity index (χ2n) is 6.65. The van der Waals surface area contributed by atoms with E-state index < -0.39 is 0 Å². The molecule has 0 saturated heterocycles. The normalized spacial score (nSPS) is 17.7. The zero-order valence-corrected chi connectivity index (χ0v) is 13.4. The topological polar surface area (TPSA) is 89.2 Å². The Bertz CT molecular complexity index is 853. The van der Waals surface area contributed by atoms with E-state index >= 15 is 0 Å². The highest BCUT2D eigenvalue weighted by Gasteiger charge is 2.21. The minimum absolute atomic E-state index is 0.567. The van der Waals surface area contributed by atoms with E-state index in [9.17, 15) is 0 Å². The zero-order chi connectivity index (χ0) is 15.9. The Morgan fingerprint density at radius 2 is 2.21 bits per heavy atom. The molecule has 4 heterocycles. The summed E-state index contributed by atoms with van der Waals surface area (Å²) in [5.41, 5.74) is 5.45. The van der Waals surface area contributed by atoms with Gasteiger partial charge in [0, 0.05) is 42.5 Å². The molecule has 1 aliphatic carbocycles. The fourth-order valence-electron chi connectivity index (χ4n) is 3.40. The van der Waals surface area contributed by atoms with Gasteiger partial charge >= 0.3 is 0 Å². The fraction of sp³-hybridized carbons (Fsp3) is 0.500. The molecular formula is C16H20N8. The lowest BCUT2D eigenvalue weighted by molar-refractivity contribution is 0.289. The van der Waals surface area contributed by atoms with Gasteiger partial charge in [0.1, 0.15) is 5.69 Å². The molecule has 0 unspecified atom stereocenters. The number of hydrogen-bond donors (Lipinski definition) is 2. The molecule has 3 aromatic rings. The predicted octanol–water partition coefficient (Wildman–Crippen LogP) is 1.28. The maximum absolute atomic E-state index is 4.47. The van der Waals surface area contributed by atoms with Crippen molar-refractivity contribution in [3.8, 4) is 11.3 Å². The standard InChI is InChI=1S/C16H20N8/c1-2-12(3-1)24-8-11(6-18-24)15-9-23(22-21-15)10-16-13-7-17-5-4-14(13)19-20-16/h6,8-9,12,17H,1-5,7,10H2,(H,19,20). The van der Waals surface area contributed by atoms with Gasteiger partial charge in [0.15, 0.2) is 0 Å². The predicted molar refractivity (Wildman–Crippen MR) is 87.2 cm³/mol. The number of H-pyrrole nitrogens is 1. The van der Waals surface area contributed by atoms with Crippen LogP contribution in [-0.2, 0) is 19.5 Å². The largest absolute Gasteiger partial charge is 0.312 e. The summed E-state index contributed by atoms with van der Waals surface area (Å²) in [5, 5.41) is 24.0. The summed E-state index contributed by atoms with van der Waals surface area (Å²) >= 11 is 0. The fourth-order valence-corrected chi connectivity index (χ4v) is 3.40. The monoisotopic (exact) mass is 324 g/mol. The number of aromatic amines is 1. The van der Waals surface area contributed by atoms with E-state index in [1.807, 2.05) is 17.1 Å². The molecule has 124 valence electrons. The molecule has 3 aromatic heterocycles. The molecule has 0 radical (unpaired) electrons. The van der Waals surface area contributed by atoms with E-state index in [2.05, 4.69) is 41.8 Å². The lowest BCUT2D eigenvalue weighted by Crippen LogP contribution is -2.24. The third-order valence-electron chi connectivity index (χ3n) is 5.09. The Morgan fingerprint density at radius 3 is 3.08 bits per heavy atom. The average Bonchev–Trinajstić information content (AvgIpc) is 3.26. The average molecular weight is 324 g/mol. The van der Waals surface area contributed by atoms with Crippen LogP contribution in [0.25, 0.3) is 11.3 Å². The Kier molecular flexibility index (Phi) is 3.22. The number of nitrogens with one attached hydrogen (secondary N) is 2. The Hall–Kier alpha value is -2.48. The number of aromatic nitrogens is 7. The molecule has 24 heavy (non-hydrogen) atoms. The molecule has 0 amide bonds. The third-order valence-corrected chi connectivity index (χ3v) is 5.09. The van der Waals surface area contributed by atoms with E-state index in [4.69, 9.17) is 0 Å². The Morgan fingerprint density at radius 1 is 1.25 bits per heavy atom. The molecule has 2 aliphatic rings.